The topological polar surface area (TPSA) is 77.8 Å². The molecule has 0 saturated carbocycles. The van der Waals surface area contributed by atoms with Crippen LogP contribution in [0.3, 0.4) is 0 Å². The molecule has 0 aromatic carbocycles. The van der Waals surface area contributed by atoms with E-state index in [-0.39, 0.29) is 6.42 Å². The standard InChI is InChI=1S/C16H28O4P/c1-13(2)7-5-8-14(3)9-6-10-15(4)11-12-16(17)21(18,19)20/h7,9,11,18-20H,5-6,8,10,12H2,1-4H3/q+1. The van der Waals surface area contributed by atoms with Gasteiger partial charge in [-0.1, -0.05) is 34.9 Å². The molecule has 0 atom stereocenters. The minimum Gasteiger partial charge on any atom is -0.243 e. The average Bonchev–Trinajstić information content (AvgIpc) is 2.34. The molecule has 0 amide bonds. The van der Waals surface area contributed by atoms with Gasteiger partial charge in [0.25, 0.3) is 0 Å². The number of rotatable bonds is 9. The molecule has 21 heavy (non-hydrogen) atoms. The van der Waals surface area contributed by atoms with Crippen LogP contribution < -0.4 is 0 Å². The summed E-state index contributed by atoms with van der Waals surface area (Å²) in [4.78, 5) is 37.6. The van der Waals surface area contributed by atoms with Crippen LogP contribution in [-0.4, -0.2) is 20.2 Å². The van der Waals surface area contributed by atoms with Gasteiger partial charge in [-0.3, -0.25) is 0 Å². The summed E-state index contributed by atoms with van der Waals surface area (Å²) >= 11 is 0. The molecule has 0 aromatic heterocycles. The molecule has 120 valence electrons. The number of carbonyl (C=O) groups is 1. The molecule has 0 aliphatic carbocycles. The lowest BCUT2D eigenvalue weighted by molar-refractivity contribution is -0.113. The van der Waals surface area contributed by atoms with E-state index in [0.29, 0.717) is 0 Å². The Bertz CT molecular complexity index is 424. The Morgan fingerprint density at radius 3 is 1.81 bits per heavy atom. The smallest absolute Gasteiger partial charge is 0.243 e. The van der Waals surface area contributed by atoms with Gasteiger partial charge in [0.2, 0.25) is 0 Å². The monoisotopic (exact) mass is 315 g/mol. The summed E-state index contributed by atoms with van der Waals surface area (Å²) in [6, 6.07) is 0. The van der Waals surface area contributed by atoms with E-state index < -0.39 is 13.5 Å². The highest BCUT2D eigenvalue weighted by atomic mass is 31.2. The molecule has 3 N–H and O–H groups in total. The van der Waals surface area contributed by atoms with Crippen molar-refractivity contribution in [1.29, 1.82) is 0 Å². The first-order valence-corrected chi connectivity index (χ1v) is 8.83. The lowest BCUT2D eigenvalue weighted by atomic mass is 10.1. The van der Waals surface area contributed by atoms with E-state index >= 15 is 0 Å². The van der Waals surface area contributed by atoms with Crippen LogP contribution in [0.25, 0.3) is 0 Å². The van der Waals surface area contributed by atoms with Crippen LogP contribution in [-0.2, 0) is 4.79 Å². The van der Waals surface area contributed by atoms with Crippen molar-refractivity contribution >= 4 is 13.5 Å². The third-order valence-electron chi connectivity index (χ3n) is 3.08. The Morgan fingerprint density at radius 2 is 1.33 bits per heavy atom. The highest BCUT2D eigenvalue weighted by Crippen LogP contribution is 2.46. The van der Waals surface area contributed by atoms with Crippen molar-refractivity contribution in [3.63, 3.8) is 0 Å². The predicted molar refractivity (Wildman–Crippen MR) is 88.6 cm³/mol. The normalized spacial score (nSPS) is 13.3. The molecule has 0 fully saturated rings. The van der Waals surface area contributed by atoms with E-state index in [0.717, 1.165) is 31.3 Å². The zero-order chi connectivity index (χ0) is 16.5. The van der Waals surface area contributed by atoms with Crippen molar-refractivity contribution in [2.75, 3.05) is 0 Å². The Labute approximate surface area is 128 Å². The fourth-order valence-electron chi connectivity index (χ4n) is 1.72. The van der Waals surface area contributed by atoms with E-state index in [2.05, 4.69) is 32.9 Å². The Kier molecular flexibility index (Phi) is 9.63. The highest BCUT2D eigenvalue weighted by molar-refractivity contribution is 7.76. The van der Waals surface area contributed by atoms with Crippen molar-refractivity contribution in [2.24, 2.45) is 0 Å². The molecule has 0 aliphatic heterocycles. The second kappa shape index (κ2) is 10.0. The van der Waals surface area contributed by atoms with E-state index in [1.165, 1.54) is 11.1 Å². The van der Waals surface area contributed by atoms with Gasteiger partial charge in [0.1, 0.15) is 0 Å². The second-order valence-corrected chi connectivity index (χ2v) is 7.26. The highest BCUT2D eigenvalue weighted by Gasteiger charge is 2.40. The summed E-state index contributed by atoms with van der Waals surface area (Å²) in [7, 11) is -4.33. The predicted octanol–water partition coefficient (Wildman–Crippen LogP) is 4.06. The van der Waals surface area contributed by atoms with Gasteiger partial charge in [-0.05, 0) is 53.4 Å². The molecule has 0 saturated heterocycles. The summed E-state index contributed by atoms with van der Waals surface area (Å²) < 4.78 is 0. The average molecular weight is 315 g/mol. The van der Waals surface area contributed by atoms with Crippen LogP contribution in [0.15, 0.2) is 34.9 Å². The first-order chi connectivity index (χ1) is 9.62. The number of hydrogen-bond donors (Lipinski definition) is 3. The van der Waals surface area contributed by atoms with E-state index in [9.17, 15) is 4.79 Å². The van der Waals surface area contributed by atoms with Gasteiger partial charge in [-0.2, -0.15) is 14.7 Å². The number of carbonyl (C=O) groups excluding carboxylic acids is 1. The summed E-state index contributed by atoms with van der Waals surface area (Å²) in [6.45, 7) is 8.20. The maximum absolute atomic E-state index is 11.2. The van der Waals surface area contributed by atoms with Gasteiger partial charge in [0.15, 0.2) is 0 Å². The Morgan fingerprint density at radius 1 is 0.857 bits per heavy atom. The third-order valence-corrected chi connectivity index (χ3v) is 3.93. The maximum Gasteiger partial charge on any atom is 0.478 e. The van der Waals surface area contributed by atoms with Gasteiger partial charge in [-0.15, -0.1) is 0 Å². The van der Waals surface area contributed by atoms with Gasteiger partial charge in [-0.25, -0.2) is 4.79 Å². The Hall–Kier alpha value is -0.800. The first-order valence-electron chi connectivity index (χ1n) is 7.18. The van der Waals surface area contributed by atoms with Crippen molar-refractivity contribution in [2.45, 2.75) is 59.8 Å². The molecule has 0 bridgehead atoms. The molecule has 0 aromatic rings. The van der Waals surface area contributed by atoms with Crippen LogP contribution in [0.4, 0.5) is 0 Å². The molecule has 0 rings (SSSR count). The van der Waals surface area contributed by atoms with Gasteiger partial charge in [0, 0.05) is 0 Å². The second-order valence-electron chi connectivity index (χ2n) is 5.63. The molecular weight excluding hydrogens is 287 g/mol. The quantitative estimate of drug-likeness (QED) is 0.443. The summed E-state index contributed by atoms with van der Waals surface area (Å²) in [5, 5.41) is 0. The van der Waals surface area contributed by atoms with E-state index in [4.69, 9.17) is 14.7 Å². The van der Waals surface area contributed by atoms with Crippen LogP contribution in [0.2, 0.25) is 0 Å². The Balaban J connectivity index is 4.10. The van der Waals surface area contributed by atoms with Crippen molar-refractivity contribution in [3.05, 3.63) is 34.9 Å². The molecule has 0 unspecified atom stereocenters. The van der Waals surface area contributed by atoms with Crippen LogP contribution in [0.1, 0.15) is 59.8 Å². The largest absolute Gasteiger partial charge is 0.478 e. The zero-order valence-corrected chi connectivity index (χ0v) is 14.4. The summed E-state index contributed by atoms with van der Waals surface area (Å²) in [6.07, 6.45) is 9.76. The fourth-order valence-corrected chi connectivity index (χ4v) is 2.06. The van der Waals surface area contributed by atoms with E-state index in [1.54, 1.807) is 6.08 Å². The maximum atomic E-state index is 11.2. The van der Waals surface area contributed by atoms with Gasteiger partial charge >= 0.3 is 13.5 Å². The third kappa shape index (κ3) is 11.5. The SMILES string of the molecule is CC(C)=CCCC(C)=CCCC(C)=CCC(=O)[P+](O)(O)O. The summed E-state index contributed by atoms with van der Waals surface area (Å²) in [5.41, 5.74) is 2.78. The minimum absolute atomic E-state index is 0.133. The molecule has 0 heterocycles. The van der Waals surface area contributed by atoms with Crippen LogP contribution in [0, 0.1) is 0 Å². The van der Waals surface area contributed by atoms with Gasteiger partial charge in [0.05, 0.1) is 6.42 Å². The van der Waals surface area contributed by atoms with Crippen molar-refractivity contribution < 1.29 is 19.5 Å². The molecule has 0 radical (unpaired) electrons. The minimum atomic E-state index is -4.33. The molecule has 0 spiro atoms. The summed E-state index contributed by atoms with van der Waals surface area (Å²) in [5.74, 6) is 0. The lowest BCUT2D eigenvalue weighted by Crippen LogP contribution is -2.03. The van der Waals surface area contributed by atoms with Crippen molar-refractivity contribution in [1.82, 2.24) is 0 Å². The fraction of sp³-hybridized carbons (Fsp3) is 0.562. The van der Waals surface area contributed by atoms with Crippen LogP contribution in [0.5, 0.6) is 0 Å². The molecule has 5 heteroatoms. The van der Waals surface area contributed by atoms with Crippen molar-refractivity contribution in [3.8, 4) is 0 Å². The molecule has 0 aliphatic rings. The van der Waals surface area contributed by atoms with Crippen LogP contribution >= 0.6 is 7.94 Å². The van der Waals surface area contributed by atoms with E-state index in [1.807, 2.05) is 6.92 Å². The molecular formula is C16H28O4P+. The number of allylic oxidation sites excluding steroid dienone is 6. The molecule has 4 nitrogen and oxygen atoms in total. The number of hydrogen-bond acceptors (Lipinski definition) is 4. The zero-order valence-electron chi connectivity index (χ0n) is 13.5. The van der Waals surface area contributed by atoms with Gasteiger partial charge < -0.3 is 0 Å². The lowest BCUT2D eigenvalue weighted by Gasteiger charge is -2.02. The first kappa shape index (κ1) is 20.2.